The van der Waals surface area contributed by atoms with Crippen LogP contribution in [0.25, 0.3) is 0 Å². The minimum Gasteiger partial charge on any atom is -0.319 e. The first-order valence-corrected chi connectivity index (χ1v) is 5.20. The molecule has 1 heteroatoms. The molecule has 0 unspecified atom stereocenters. The van der Waals surface area contributed by atoms with Gasteiger partial charge in [0.15, 0.2) is 0 Å². The number of nitrogens with one attached hydrogen (secondary N) is 1. The van der Waals surface area contributed by atoms with Gasteiger partial charge in [0, 0.05) is 0 Å². The first kappa shape index (κ1) is 12.0. The number of hydrogen-bond donors (Lipinski definition) is 1. The molecular weight excluding hydrogens is 146 g/mol. The van der Waals surface area contributed by atoms with Crippen LogP contribution in [0.3, 0.4) is 0 Å². The summed E-state index contributed by atoms with van der Waals surface area (Å²) in [7, 11) is 2.04. The van der Waals surface area contributed by atoms with E-state index in [0.717, 1.165) is 12.5 Å². The van der Waals surface area contributed by atoms with E-state index in [-0.39, 0.29) is 0 Å². The van der Waals surface area contributed by atoms with E-state index in [1.807, 2.05) is 7.05 Å². The molecule has 74 valence electrons. The van der Waals surface area contributed by atoms with Crippen molar-refractivity contribution in [3.63, 3.8) is 0 Å². The highest BCUT2D eigenvalue weighted by atomic mass is 14.8. The number of hydrogen-bond acceptors (Lipinski definition) is 1. The molecule has 1 nitrogen and oxygen atoms in total. The summed E-state index contributed by atoms with van der Waals surface area (Å²) in [5.41, 5.74) is 0.464. The largest absolute Gasteiger partial charge is 0.319 e. The van der Waals surface area contributed by atoms with Gasteiger partial charge in [-0.25, -0.2) is 0 Å². The van der Waals surface area contributed by atoms with Gasteiger partial charge in [-0.3, -0.25) is 0 Å². The molecule has 0 saturated carbocycles. The smallest absolute Gasteiger partial charge is 0.0000385 e. The second-order valence-corrected chi connectivity index (χ2v) is 4.58. The van der Waals surface area contributed by atoms with Gasteiger partial charge in [-0.1, -0.05) is 40.5 Å². The van der Waals surface area contributed by atoms with Crippen LogP contribution in [0.5, 0.6) is 0 Å². The van der Waals surface area contributed by atoms with Crippen LogP contribution in [0.4, 0.5) is 0 Å². The first-order valence-electron chi connectivity index (χ1n) is 5.20. The Kier molecular flexibility index (Phi) is 5.56. The van der Waals surface area contributed by atoms with Gasteiger partial charge in [0.05, 0.1) is 0 Å². The Labute approximate surface area is 77.9 Å². The van der Waals surface area contributed by atoms with Crippen molar-refractivity contribution in [2.75, 3.05) is 13.6 Å². The van der Waals surface area contributed by atoms with Gasteiger partial charge in [0.2, 0.25) is 0 Å². The van der Waals surface area contributed by atoms with Crippen LogP contribution >= 0.6 is 0 Å². The van der Waals surface area contributed by atoms with Crippen molar-refractivity contribution in [3.8, 4) is 0 Å². The van der Waals surface area contributed by atoms with Gasteiger partial charge in [-0.05, 0) is 31.3 Å². The Bertz CT molecular complexity index is 104. The van der Waals surface area contributed by atoms with Gasteiger partial charge in [0.1, 0.15) is 0 Å². The van der Waals surface area contributed by atoms with Crippen LogP contribution in [0, 0.1) is 11.3 Å². The molecule has 0 aliphatic rings. The maximum Gasteiger partial charge on any atom is -0.0000385 e. The second kappa shape index (κ2) is 5.58. The zero-order valence-electron chi connectivity index (χ0n) is 9.41. The Balaban J connectivity index is 3.84. The highest BCUT2D eigenvalue weighted by Crippen LogP contribution is 2.27. The van der Waals surface area contributed by atoms with E-state index in [9.17, 15) is 0 Å². The lowest BCUT2D eigenvalue weighted by Gasteiger charge is -2.28. The summed E-state index contributed by atoms with van der Waals surface area (Å²) in [6.07, 6.45) is 3.99. The predicted octanol–water partition coefficient (Wildman–Crippen LogP) is 3.06. The predicted molar refractivity (Wildman–Crippen MR) is 56.4 cm³/mol. The minimum absolute atomic E-state index is 0.464. The molecule has 12 heavy (non-hydrogen) atoms. The molecule has 0 aliphatic carbocycles. The highest BCUT2D eigenvalue weighted by Gasteiger charge is 2.20. The fraction of sp³-hybridized carbons (Fsp3) is 1.00. The number of rotatable bonds is 6. The molecule has 0 saturated heterocycles. The average Bonchev–Trinajstić information content (AvgIpc) is 2.00. The van der Waals surface area contributed by atoms with Crippen molar-refractivity contribution in [1.82, 2.24) is 5.32 Å². The monoisotopic (exact) mass is 171 g/mol. The molecule has 0 heterocycles. The summed E-state index contributed by atoms with van der Waals surface area (Å²) in [5, 5.41) is 3.26. The zero-order chi connectivity index (χ0) is 9.61. The van der Waals surface area contributed by atoms with Crippen molar-refractivity contribution < 1.29 is 0 Å². The molecule has 0 bridgehead atoms. The molecule has 0 spiro atoms. The minimum atomic E-state index is 0.464. The molecule has 0 amide bonds. The van der Waals surface area contributed by atoms with Gasteiger partial charge >= 0.3 is 0 Å². The Morgan fingerprint density at radius 2 is 1.67 bits per heavy atom. The summed E-state index contributed by atoms with van der Waals surface area (Å²) in [5.74, 6) is 0.911. The Hall–Kier alpha value is -0.0400. The highest BCUT2D eigenvalue weighted by molar-refractivity contribution is 4.74. The zero-order valence-corrected chi connectivity index (χ0v) is 9.41. The molecule has 0 aliphatic heterocycles. The molecule has 1 N–H and O–H groups in total. The molecular formula is C11H25N. The van der Waals surface area contributed by atoms with Crippen LogP contribution in [-0.2, 0) is 0 Å². The van der Waals surface area contributed by atoms with E-state index in [1.54, 1.807) is 0 Å². The maximum absolute atomic E-state index is 3.26. The summed E-state index contributed by atoms with van der Waals surface area (Å²) in [4.78, 5) is 0. The quantitative estimate of drug-likeness (QED) is 0.647. The summed E-state index contributed by atoms with van der Waals surface area (Å²) < 4.78 is 0. The first-order chi connectivity index (χ1) is 5.55. The van der Waals surface area contributed by atoms with Gasteiger partial charge in [0.25, 0.3) is 0 Å². The van der Waals surface area contributed by atoms with Crippen LogP contribution < -0.4 is 5.32 Å². The standard InChI is InChI=1S/C11H25N/c1-6-10(7-2)8-11(3,4)9-12-5/h10,12H,6-9H2,1-5H3. The molecule has 0 aromatic rings. The second-order valence-electron chi connectivity index (χ2n) is 4.58. The average molecular weight is 171 g/mol. The third-order valence-corrected chi connectivity index (χ3v) is 2.65. The van der Waals surface area contributed by atoms with Gasteiger partial charge in [-0.15, -0.1) is 0 Å². The fourth-order valence-corrected chi connectivity index (χ4v) is 1.91. The molecule has 0 radical (unpaired) electrons. The third-order valence-electron chi connectivity index (χ3n) is 2.65. The van der Waals surface area contributed by atoms with Crippen molar-refractivity contribution in [2.24, 2.45) is 11.3 Å². The van der Waals surface area contributed by atoms with E-state index >= 15 is 0 Å². The molecule has 0 aromatic carbocycles. The lowest BCUT2D eigenvalue weighted by Crippen LogP contribution is -2.28. The third kappa shape index (κ3) is 4.76. The van der Waals surface area contributed by atoms with E-state index in [4.69, 9.17) is 0 Å². The molecule has 0 aromatic heterocycles. The fourth-order valence-electron chi connectivity index (χ4n) is 1.91. The normalized spacial score (nSPS) is 12.5. The van der Waals surface area contributed by atoms with E-state index in [2.05, 4.69) is 33.0 Å². The molecule has 0 fully saturated rings. The van der Waals surface area contributed by atoms with Gasteiger partial charge < -0.3 is 5.32 Å². The summed E-state index contributed by atoms with van der Waals surface area (Å²) in [6, 6.07) is 0. The summed E-state index contributed by atoms with van der Waals surface area (Å²) >= 11 is 0. The lowest BCUT2D eigenvalue weighted by atomic mass is 9.80. The SMILES string of the molecule is CCC(CC)CC(C)(C)CNC. The lowest BCUT2D eigenvalue weighted by molar-refractivity contribution is 0.251. The Morgan fingerprint density at radius 3 is 2.00 bits per heavy atom. The van der Waals surface area contributed by atoms with E-state index < -0.39 is 0 Å². The molecule has 0 atom stereocenters. The van der Waals surface area contributed by atoms with E-state index in [1.165, 1.54) is 19.3 Å². The topological polar surface area (TPSA) is 12.0 Å². The van der Waals surface area contributed by atoms with Crippen LogP contribution in [-0.4, -0.2) is 13.6 Å². The maximum atomic E-state index is 3.26. The van der Waals surface area contributed by atoms with Crippen LogP contribution in [0.15, 0.2) is 0 Å². The van der Waals surface area contributed by atoms with Crippen molar-refractivity contribution in [3.05, 3.63) is 0 Å². The van der Waals surface area contributed by atoms with Crippen LogP contribution in [0.2, 0.25) is 0 Å². The molecule has 0 rings (SSSR count). The van der Waals surface area contributed by atoms with E-state index in [0.29, 0.717) is 5.41 Å². The summed E-state index contributed by atoms with van der Waals surface area (Å²) in [6.45, 7) is 10.4. The Morgan fingerprint density at radius 1 is 1.17 bits per heavy atom. The van der Waals surface area contributed by atoms with Crippen molar-refractivity contribution in [2.45, 2.75) is 47.0 Å². The van der Waals surface area contributed by atoms with Crippen molar-refractivity contribution in [1.29, 1.82) is 0 Å². The van der Waals surface area contributed by atoms with Crippen molar-refractivity contribution >= 4 is 0 Å². The van der Waals surface area contributed by atoms with Crippen LogP contribution in [0.1, 0.15) is 47.0 Å². The van der Waals surface area contributed by atoms with Gasteiger partial charge in [-0.2, -0.15) is 0 Å².